The van der Waals surface area contributed by atoms with Gasteiger partial charge in [0.2, 0.25) is 5.91 Å². The van der Waals surface area contributed by atoms with Crippen LogP contribution in [0.2, 0.25) is 0 Å². The van der Waals surface area contributed by atoms with Crippen LogP contribution in [0.15, 0.2) is 0 Å². The van der Waals surface area contributed by atoms with Crippen molar-refractivity contribution in [2.75, 3.05) is 13.2 Å². The molecule has 2 unspecified atom stereocenters. The lowest BCUT2D eigenvalue weighted by atomic mass is 10.5. The minimum atomic E-state index is -3.78. The molecule has 0 saturated heterocycles. The van der Waals surface area contributed by atoms with Gasteiger partial charge in [0.25, 0.3) is 0 Å². The SMILES string of the molecule is CCOP(=O)(OCC)C(F)C(C)O. The molecule has 1 N–H and O–H groups in total. The summed E-state index contributed by atoms with van der Waals surface area (Å²) in [5.74, 6) is -1.98. The first-order valence-corrected chi connectivity index (χ1v) is 5.80. The van der Waals surface area contributed by atoms with Crippen LogP contribution in [0.5, 0.6) is 0 Å². The third kappa shape index (κ3) is 3.73. The molecule has 0 spiro atoms. The Balaban J connectivity index is 4.47. The zero-order chi connectivity index (χ0) is 10.5. The standard InChI is InChI=1S/C7H16FO4P/c1-4-11-13(10,12-5-2)7(8)6(3)9/h6-7,9H,4-5H2,1-3H3. The number of hydrogen-bond donors (Lipinski definition) is 1. The maximum Gasteiger partial charge on any atom is 0.367 e. The van der Waals surface area contributed by atoms with Crippen LogP contribution in [0.3, 0.4) is 0 Å². The lowest BCUT2D eigenvalue weighted by Gasteiger charge is -2.21. The maximum absolute atomic E-state index is 13.2. The summed E-state index contributed by atoms with van der Waals surface area (Å²) >= 11 is 0. The van der Waals surface area contributed by atoms with Crippen molar-refractivity contribution in [1.29, 1.82) is 0 Å². The molecule has 0 radical (unpaired) electrons. The Labute approximate surface area is 77.6 Å². The molecule has 0 aliphatic rings. The van der Waals surface area contributed by atoms with Crippen molar-refractivity contribution in [3.8, 4) is 0 Å². The number of alkyl halides is 1. The van der Waals surface area contributed by atoms with Gasteiger partial charge in [-0.25, -0.2) is 4.39 Å². The molecule has 0 aliphatic carbocycles. The predicted molar refractivity (Wildman–Crippen MR) is 47.4 cm³/mol. The predicted octanol–water partition coefficient (Wildman–Crippen LogP) is 1.93. The molecule has 0 aromatic carbocycles. The van der Waals surface area contributed by atoms with Crippen LogP contribution in [-0.2, 0) is 13.6 Å². The molecule has 0 fully saturated rings. The Morgan fingerprint density at radius 3 is 2.00 bits per heavy atom. The summed E-state index contributed by atoms with van der Waals surface area (Å²) in [5.41, 5.74) is 0. The molecule has 0 saturated carbocycles. The fourth-order valence-electron chi connectivity index (χ4n) is 0.804. The first-order chi connectivity index (χ1) is 5.98. The van der Waals surface area contributed by atoms with Gasteiger partial charge in [0, 0.05) is 0 Å². The first kappa shape index (κ1) is 13.0. The summed E-state index contributed by atoms with van der Waals surface area (Å²) < 4.78 is 34.1. The van der Waals surface area contributed by atoms with Gasteiger partial charge in [-0.05, 0) is 20.8 Å². The third-order valence-corrected chi connectivity index (χ3v) is 3.59. The topological polar surface area (TPSA) is 55.8 Å². The first-order valence-electron chi connectivity index (χ1n) is 4.18. The van der Waals surface area contributed by atoms with E-state index in [1.54, 1.807) is 13.8 Å². The second kappa shape index (κ2) is 5.70. The van der Waals surface area contributed by atoms with E-state index in [2.05, 4.69) is 0 Å². The molecule has 6 heteroatoms. The molecule has 0 amide bonds. The Kier molecular flexibility index (Phi) is 5.72. The molecule has 0 rings (SSSR count). The summed E-state index contributed by atoms with van der Waals surface area (Å²) in [6.45, 7) is 4.55. The second-order valence-corrected chi connectivity index (χ2v) is 4.58. The Morgan fingerprint density at radius 1 is 1.38 bits per heavy atom. The molecule has 2 atom stereocenters. The number of rotatable bonds is 6. The van der Waals surface area contributed by atoms with Gasteiger partial charge < -0.3 is 14.2 Å². The van der Waals surface area contributed by atoms with Crippen molar-refractivity contribution in [3.63, 3.8) is 0 Å². The number of hydrogen-bond acceptors (Lipinski definition) is 4. The molecule has 4 nitrogen and oxygen atoms in total. The normalized spacial score (nSPS) is 17.0. The number of aliphatic hydroxyl groups is 1. The number of aliphatic hydroxyl groups excluding tert-OH is 1. The fraction of sp³-hybridized carbons (Fsp3) is 1.00. The van der Waals surface area contributed by atoms with Crippen LogP contribution in [0.4, 0.5) is 4.39 Å². The smallest absolute Gasteiger partial charge is 0.367 e. The van der Waals surface area contributed by atoms with Gasteiger partial charge in [-0.2, -0.15) is 0 Å². The third-order valence-electron chi connectivity index (χ3n) is 1.32. The van der Waals surface area contributed by atoms with Crippen molar-refractivity contribution in [2.24, 2.45) is 0 Å². The quantitative estimate of drug-likeness (QED) is 0.686. The van der Waals surface area contributed by atoms with Gasteiger partial charge in [-0.3, -0.25) is 4.57 Å². The monoisotopic (exact) mass is 214 g/mol. The second-order valence-electron chi connectivity index (χ2n) is 2.49. The lowest BCUT2D eigenvalue weighted by Crippen LogP contribution is -2.20. The molecule has 13 heavy (non-hydrogen) atoms. The summed E-state index contributed by atoms with van der Waals surface area (Å²) in [4.78, 5) is 0. The Bertz CT molecular complexity index is 175. The lowest BCUT2D eigenvalue weighted by molar-refractivity contribution is 0.101. The summed E-state index contributed by atoms with van der Waals surface area (Å²) in [7, 11) is -3.78. The molecule has 0 aliphatic heterocycles. The maximum atomic E-state index is 13.2. The van der Waals surface area contributed by atoms with Crippen LogP contribution >= 0.6 is 7.60 Å². The van der Waals surface area contributed by atoms with Gasteiger partial charge in [0.15, 0.2) is 0 Å². The van der Waals surface area contributed by atoms with Crippen LogP contribution in [0.25, 0.3) is 0 Å². The highest BCUT2D eigenvalue weighted by Gasteiger charge is 2.39. The van der Waals surface area contributed by atoms with E-state index < -0.39 is 19.6 Å². The highest BCUT2D eigenvalue weighted by Crippen LogP contribution is 2.54. The van der Waals surface area contributed by atoms with Crippen LogP contribution < -0.4 is 0 Å². The molecular weight excluding hydrogens is 198 g/mol. The van der Waals surface area contributed by atoms with E-state index in [4.69, 9.17) is 14.2 Å². The van der Waals surface area contributed by atoms with E-state index in [1.807, 2.05) is 0 Å². The van der Waals surface area contributed by atoms with Crippen LogP contribution in [0, 0.1) is 0 Å². The fourth-order valence-corrected chi connectivity index (χ4v) is 2.41. The van der Waals surface area contributed by atoms with E-state index in [-0.39, 0.29) is 13.2 Å². The molecular formula is C7H16FO4P. The zero-order valence-electron chi connectivity index (χ0n) is 8.07. The van der Waals surface area contributed by atoms with E-state index in [9.17, 15) is 8.96 Å². The van der Waals surface area contributed by atoms with Crippen molar-refractivity contribution >= 4 is 7.60 Å². The van der Waals surface area contributed by atoms with E-state index in [0.717, 1.165) is 0 Å². The van der Waals surface area contributed by atoms with Gasteiger partial charge in [0.05, 0.1) is 19.3 Å². The Morgan fingerprint density at radius 2 is 1.77 bits per heavy atom. The van der Waals surface area contributed by atoms with Crippen LogP contribution in [0.1, 0.15) is 20.8 Å². The molecule has 0 aromatic rings. The van der Waals surface area contributed by atoms with Crippen molar-refractivity contribution in [1.82, 2.24) is 0 Å². The molecule has 80 valence electrons. The van der Waals surface area contributed by atoms with Gasteiger partial charge in [-0.1, -0.05) is 0 Å². The van der Waals surface area contributed by atoms with E-state index in [0.29, 0.717) is 0 Å². The number of halogens is 1. The Hall–Kier alpha value is 0.0400. The summed E-state index contributed by atoms with van der Waals surface area (Å²) in [6, 6.07) is 0. The van der Waals surface area contributed by atoms with Crippen LogP contribution in [-0.4, -0.2) is 30.3 Å². The average molecular weight is 214 g/mol. The summed E-state index contributed by atoms with van der Waals surface area (Å²) in [5, 5.41) is 8.90. The van der Waals surface area contributed by atoms with Gasteiger partial charge >= 0.3 is 7.60 Å². The minimum Gasteiger partial charge on any atom is -0.390 e. The summed E-state index contributed by atoms with van der Waals surface area (Å²) in [6.07, 6.45) is -1.36. The van der Waals surface area contributed by atoms with E-state index in [1.165, 1.54) is 6.92 Å². The van der Waals surface area contributed by atoms with Gasteiger partial charge in [0.1, 0.15) is 0 Å². The minimum absolute atomic E-state index is 0.0877. The molecule has 0 aromatic heterocycles. The van der Waals surface area contributed by atoms with Crippen molar-refractivity contribution < 1.29 is 23.1 Å². The average Bonchev–Trinajstić information content (AvgIpc) is 2.03. The largest absolute Gasteiger partial charge is 0.390 e. The van der Waals surface area contributed by atoms with E-state index >= 15 is 0 Å². The highest BCUT2D eigenvalue weighted by molar-refractivity contribution is 7.54. The zero-order valence-corrected chi connectivity index (χ0v) is 8.96. The van der Waals surface area contributed by atoms with Crippen molar-refractivity contribution in [2.45, 2.75) is 32.8 Å². The molecule has 0 heterocycles. The highest BCUT2D eigenvalue weighted by atomic mass is 31.2. The molecule has 0 bridgehead atoms. The van der Waals surface area contributed by atoms with Crippen molar-refractivity contribution in [3.05, 3.63) is 0 Å². The van der Waals surface area contributed by atoms with Gasteiger partial charge in [-0.15, -0.1) is 0 Å².